The number of carbonyl (C=O) groups excluding carboxylic acids is 2. The maximum absolute atomic E-state index is 13.6. The summed E-state index contributed by atoms with van der Waals surface area (Å²) < 4.78 is 5.42. The molecule has 2 aromatic rings. The summed E-state index contributed by atoms with van der Waals surface area (Å²) in [6, 6.07) is 17.1. The van der Waals surface area contributed by atoms with E-state index in [1.165, 1.54) is 4.90 Å². The van der Waals surface area contributed by atoms with Crippen LogP contribution in [0.1, 0.15) is 13.8 Å². The number of hydrogen-bond donors (Lipinski definition) is 2. The van der Waals surface area contributed by atoms with Crippen LogP contribution >= 0.6 is 0 Å². The Morgan fingerprint density at radius 3 is 2.30 bits per heavy atom. The summed E-state index contributed by atoms with van der Waals surface area (Å²) in [4.78, 5) is 32.1. The first-order valence-electron chi connectivity index (χ1n) is 11.2. The van der Waals surface area contributed by atoms with E-state index in [-0.39, 0.29) is 6.03 Å². The zero-order valence-corrected chi connectivity index (χ0v) is 19.1. The second-order valence-electron chi connectivity index (χ2n) is 8.76. The van der Waals surface area contributed by atoms with Gasteiger partial charge in [-0.2, -0.15) is 5.06 Å². The van der Waals surface area contributed by atoms with E-state index in [2.05, 4.69) is 10.2 Å². The van der Waals surface area contributed by atoms with Crippen LogP contribution in [-0.2, 0) is 4.74 Å². The van der Waals surface area contributed by atoms with E-state index in [1.54, 1.807) is 41.3 Å². The number of hydrogen-bond acceptors (Lipinski definition) is 5. The van der Waals surface area contributed by atoms with E-state index in [0.29, 0.717) is 42.7 Å². The summed E-state index contributed by atoms with van der Waals surface area (Å²) in [5.74, 6) is 0. The maximum atomic E-state index is 13.6. The summed E-state index contributed by atoms with van der Waals surface area (Å²) in [6.07, 6.45) is -0.930. The first kappa shape index (κ1) is 23.0. The average molecular weight is 454 g/mol. The van der Waals surface area contributed by atoms with Gasteiger partial charge < -0.3 is 15.0 Å². The Morgan fingerprint density at radius 1 is 1.06 bits per heavy atom. The molecule has 1 atom stereocenters. The Labute approximate surface area is 194 Å². The summed E-state index contributed by atoms with van der Waals surface area (Å²) in [7, 11) is 0. The predicted octanol–water partition coefficient (Wildman–Crippen LogP) is 3.29. The molecule has 2 saturated heterocycles. The highest BCUT2D eigenvalue weighted by molar-refractivity contribution is 5.98. The number of morpholine rings is 1. The van der Waals surface area contributed by atoms with Crippen molar-refractivity contribution in [2.45, 2.75) is 25.6 Å². The molecule has 33 heavy (non-hydrogen) atoms. The van der Waals surface area contributed by atoms with Gasteiger partial charge in [-0.3, -0.25) is 15.0 Å². The van der Waals surface area contributed by atoms with Crippen molar-refractivity contribution in [2.24, 2.45) is 0 Å². The third-order valence-electron chi connectivity index (χ3n) is 6.25. The molecular weight excluding hydrogens is 422 g/mol. The highest BCUT2D eigenvalue weighted by Crippen LogP contribution is 2.37. The minimum Gasteiger partial charge on any atom is -0.379 e. The molecule has 176 valence electrons. The van der Waals surface area contributed by atoms with Gasteiger partial charge in [-0.15, -0.1) is 0 Å². The quantitative estimate of drug-likeness (QED) is 0.518. The fourth-order valence-corrected chi connectivity index (χ4v) is 4.45. The smallest absolute Gasteiger partial charge is 0.347 e. The van der Waals surface area contributed by atoms with Crippen molar-refractivity contribution in [3.8, 4) is 0 Å². The summed E-state index contributed by atoms with van der Waals surface area (Å²) in [5, 5.41) is 14.4. The number of nitrogens with zero attached hydrogens (tertiary/aromatic N) is 4. The van der Waals surface area contributed by atoms with Gasteiger partial charge in [-0.05, 0) is 38.1 Å². The monoisotopic (exact) mass is 453 g/mol. The Kier molecular flexibility index (Phi) is 6.83. The summed E-state index contributed by atoms with van der Waals surface area (Å²) in [5.41, 5.74) is 0.308. The van der Waals surface area contributed by atoms with Crippen molar-refractivity contribution >= 4 is 23.4 Å². The molecule has 9 heteroatoms. The van der Waals surface area contributed by atoms with Gasteiger partial charge >= 0.3 is 12.1 Å². The van der Waals surface area contributed by atoms with E-state index in [4.69, 9.17) is 4.74 Å². The Morgan fingerprint density at radius 2 is 1.67 bits per heavy atom. The second-order valence-corrected chi connectivity index (χ2v) is 8.76. The van der Waals surface area contributed by atoms with Crippen molar-refractivity contribution < 1.29 is 19.5 Å². The Bertz CT molecular complexity index is 950. The van der Waals surface area contributed by atoms with Crippen molar-refractivity contribution in [3.63, 3.8) is 0 Å². The van der Waals surface area contributed by atoms with Crippen molar-refractivity contribution in [1.29, 1.82) is 0 Å². The molecule has 0 spiro atoms. The third kappa shape index (κ3) is 4.80. The van der Waals surface area contributed by atoms with E-state index < -0.39 is 17.7 Å². The van der Waals surface area contributed by atoms with Crippen molar-refractivity contribution in [2.75, 3.05) is 49.6 Å². The van der Waals surface area contributed by atoms with E-state index in [0.717, 1.165) is 13.1 Å². The van der Waals surface area contributed by atoms with Crippen LogP contribution in [0.5, 0.6) is 0 Å². The average Bonchev–Trinajstić information content (AvgIpc) is 3.03. The molecule has 4 rings (SSSR count). The molecule has 2 aliphatic heterocycles. The van der Waals surface area contributed by atoms with Crippen LogP contribution in [-0.4, -0.2) is 83.2 Å². The number of carbonyl (C=O) groups is 2. The van der Waals surface area contributed by atoms with Gasteiger partial charge in [-0.1, -0.05) is 36.4 Å². The minimum absolute atomic E-state index is 0.254. The van der Waals surface area contributed by atoms with Gasteiger partial charge in [0.2, 0.25) is 0 Å². The van der Waals surface area contributed by atoms with Gasteiger partial charge in [-0.25, -0.2) is 9.59 Å². The number of amides is 4. The lowest BCUT2D eigenvalue weighted by molar-refractivity contribution is -0.0954. The lowest BCUT2D eigenvalue weighted by atomic mass is 9.99. The molecule has 0 aliphatic carbocycles. The second kappa shape index (κ2) is 9.78. The molecule has 0 saturated carbocycles. The van der Waals surface area contributed by atoms with Crippen LogP contribution < -0.4 is 10.2 Å². The normalized spacial score (nSPS) is 20.7. The largest absolute Gasteiger partial charge is 0.379 e. The first-order valence-corrected chi connectivity index (χ1v) is 11.2. The number of benzene rings is 2. The number of urea groups is 2. The molecule has 0 aromatic heterocycles. The van der Waals surface area contributed by atoms with Gasteiger partial charge in [0.15, 0.2) is 6.17 Å². The standard InChI is InChI=1S/C24H31N5O4/c1-24(2)21(29(32)22(30)25-19-9-5-3-6-10-19)28(20-11-7-4-8-12-20)23(31)27(24)14-13-26-15-17-33-18-16-26/h3-12,21,32H,13-18H2,1-2H3,(H,25,30)/t21-/m0/s1. The predicted molar refractivity (Wildman–Crippen MR) is 125 cm³/mol. The molecule has 2 aliphatic rings. The summed E-state index contributed by atoms with van der Waals surface area (Å²) >= 11 is 0. The van der Waals surface area contributed by atoms with E-state index in [9.17, 15) is 14.8 Å². The number of nitrogens with one attached hydrogen (secondary N) is 1. The fourth-order valence-electron chi connectivity index (χ4n) is 4.45. The Balaban J connectivity index is 1.60. The minimum atomic E-state index is -0.930. The van der Waals surface area contributed by atoms with Crippen LogP contribution in [0.3, 0.4) is 0 Å². The SMILES string of the molecule is CC1(C)[C@H](N(O)C(=O)Nc2ccccc2)N(c2ccccc2)C(=O)N1CCN1CCOCC1. The molecule has 0 bridgehead atoms. The first-order chi connectivity index (χ1) is 15.9. The molecule has 0 radical (unpaired) electrons. The van der Waals surface area contributed by atoms with Crippen LogP contribution in [0.15, 0.2) is 60.7 Å². The zero-order chi connectivity index (χ0) is 23.4. The summed E-state index contributed by atoms with van der Waals surface area (Å²) in [6.45, 7) is 7.91. The third-order valence-corrected chi connectivity index (χ3v) is 6.25. The Hall–Kier alpha value is -3.14. The molecule has 2 aromatic carbocycles. The lowest BCUT2D eigenvalue weighted by Gasteiger charge is -2.39. The fraction of sp³-hybridized carbons (Fsp3) is 0.417. The van der Waals surface area contributed by atoms with Crippen LogP contribution in [0, 0.1) is 0 Å². The zero-order valence-electron chi connectivity index (χ0n) is 19.1. The van der Waals surface area contributed by atoms with Crippen molar-refractivity contribution in [3.05, 3.63) is 60.7 Å². The van der Waals surface area contributed by atoms with Crippen LogP contribution in [0.4, 0.5) is 21.0 Å². The van der Waals surface area contributed by atoms with Gasteiger partial charge in [0.25, 0.3) is 0 Å². The van der Waals surface area contributed by atoms with Gasteiger partial charge in [0, 0.05) is 37.6 Å². The number of rotatable bonds is 6. The highest BCUT2D eigenvalue weighted by Gasteiger charge is 2.55. The highest BCUT2D eigenvalue weighted by atomic mass is 16.5. The van der Waals surface area contributed by atoms with Gasteiger partial charge in [0.1, 0.15) is 0 Å². The molecule has 2 N–H and O–H groups in total. The lowest BCUT2D eigenvalue weighted by Crippen LogP contribution is -2.58. The van der Waals surface area contributed by atoms with E-state index in [1.807, 2.05) is 38.1 Å². The number of hydroxylamine groups is 2. The molecule has 9 nitrogen and oxygen atoms in total. The van der Waals surface area contributed by atoms with Crippen LogP contribution in [0.25, 0.3) is 0 Å². The molecule has 2 heterocycles. The molecule has 0 unspecified atom stereocenters. The van der Waals surface area contributed by atoms with Gasteiger partial charge in [0.05, 0.1) is 18.8 Å². The molecular formula is C24H31N5O4. The topological polar surface area (TPSA) is 88.6 Å². The maximum Gasteiger partial charge on any atom is 0.347 e. The molecule has 2 fully saturated rings. The van der Waals surface area contributed by atoms with Crippen LogP contribution in [0.2, 0.25) is 0 Å². The number of ether oxygens (including phenoxy) is 1. The van der Waals surface area contributed by atoms with Crippen molar-refractivity contribution in [1.82, 2.24) is 14.9 Å². The number of para-hydroxylation sites is 2. The number of anilines is 2. The molecule has 4 amide bonds. The van der Waals surface area contributed by atoms with E-state index >= 15 is 0 Å².